The van der Waals surface area contributed by atoms with Gasteiger partial charge in [-0.3, -0.25) is 4.79 Å². The van der Waals surface area contributed by atoms with Crippen LogP contribution in [0.2, 0.25) is 0 Å². The predicted molar refractivity (Wildman–Crippen MR) is 78.4 cm³/mol. The van der Waals surface area contributed by atoms with E-state index in [0.29, 0.717) is 11.7 Å². The lowest BCUT2D eigenvalue weighted by atomic mass is 9.78. The Bertz CT molecular complexity index is 386. The Labute approximate surface area is 115 Å². The van der Waals surface area contributed by atoms with Crippen LogP contribution in [0.25, 0.3) is 0 Å². The first-order valence-corrected chi connectivity index (χ1v) is 8.13. The average Bonchev–Trinajstić information content (AvgIpc) is 2.83. The molecule has 1 aromatic heterocycles. The molecule has 18 heavy (non-hydrogen) atoms. The van der Waals surface area contributed by atoms with Gasteiger partial charge in [-0.15, -0.1) is 11.3 Å². The fraction of sp³-hybridized carbons (Fsp3) is 0.688. The highest BCUT2D eigenvalue weighted by Gasteiger charge is 2.27. The summed E-state index contributed by atoms with van der Waals surface area (Å²) in [5.41, 5.74) is 0. The molecule has 1 fully saturated rings. The van der Waals surface area contributed by atoms with Crippen LogP contribution in [0.1, 0.15) is 66.4 Å². The monoisotopic (exact) mass is 264 g/mol. The number of aryl methyl sites for hydroxylation is 1. The van der Waals surface area contributed by atoms with Crippen LogP contribution in [0, 0.1) is 18.8 Å². The number of hydrogen-bond acceptors (Lipinski definition) is 2. The molecule has 0 amide bonds. The van der Waals surface area contributed by atoms with Crippen molar-refractivity contribution in [2.75, 3.05) is 0 Å². The Morgan fingerprint density at radius 3 is 2.56 bits per heavy atom. The molecule has 100 valence electrons. The SMILES string of the molecule is CCCCC1CCC(C(=O)c2ccc(C)s2)CC1. The summed E-state index contributed by atoms with van der Waals surface area (Å²) < 4.78 is 0. The lowest BCUT2D eigenvalue weighted by Gasteiger charge is -2.27. The first-order chi connectivity index (χ1) is 8.70. The molecule has 1 saturated carbocycles. The fourth-order valence-electron chi connectivity index (χ4n) is 2.97. The number of rotatable bonds is 5. The third-order valence-corrected chi connectivity index (χ3v) is 5.18. The van der Waals surface area contributed by atoms with E-state index in [1.54, 1.807) is 11.3 Å². The summed E-state index contributed by atoms with van der Waals surface area (Å²) in [5.74, 6) is 1.60. The summed E-state index contributed by atoms with van der Waals surface area (Å²) in [6.45, 7) is 4.33. The van der Waals surface area contributed by atoms with Crippen molar-refractivity contribution >= 4 is 17.1 Å². The molecule has 0 unspecified atom stereocenters. The summed E-state index contributed by atoms with van der Waals surface area (Å²) in [5, 5.41) is 0. The van der Waals surface area contributed by atoms with Gasteiger partial charge < -0.3 is 0 Å². The van der Waals surface area contributed by atoms with Crippen LogP contribution in [-0.2, 0) is 0 Å². The maximum absolute atomic E-state index is 12.3. The van der Waals surface area contributed by atoms with Gasteiger partial charge in [0.2, 0.25) is 0 Å². The minimum absolute atomic E-state index is 0.306. The highest BCUT2D eigenvalue weighted by Crippen LogP contribution is 2.34. The molecular weight excluding hydrogens is 240 g/mol. The van der Waals surface area contributed by atoms with Crippen LogP contribution in [0.4, 0.5) is 0 Å². The number of unbranched alkanes of at least 4 members (excludes halogenated alkanes) is 1. The molecule has 2 heteroatoms. The average molecular weight is 264 g/mol. The van der Waals surface area contributed by atoms with Crippen LogP contribution in [0.3, 0.4) is 0 Å². The van der Waals surface area contributed by atoms with E-state index in [1.165, 1.54) is 37.0 Å². The second-order valence-corrected chi connectivity index (χ2v) is 6.92. The van der Waals surface area contributed by atoms with E-state index in [4.69, 9.17) is 0 Å². The van der Waals surface area contributed by atoms with E-state index in [9.17, 15) is 4.79 Å². The summed E-state index contributed by atoms with van der Waals surface area (Å²) in [4.78, 5) is 14.6. The number of Topliss-reactive ketones (excluding diaryl/α,β-unsaturated/α-hetero) is 1. The molecular formula is C16H24OS. The van der Waals surface area contributed by atoms with Crippen molar-refractivity contribution in [1.29, 1.82) is 0 Å². The lowest BCUT2D eigenvalue weighted by Crippen LogP contribution is -2.21. The van der Waals surface area contributed by atoms with Crippen molar-refractivity contribution in [3.8, 4) is 0 Å². The molecule has 0 aliphatic heterocycles. The lowest BCUT2D eigenvalue weighted by molar-refractivity contribution is 0.0873. The van der Waals surface area contributed by atoms with Crippen LogP contribution in [0.5, 0.6) is 0 Å². The van der Waals surface area contributed by atoms with E-state index >= 15 is 0 Å². The Balaban J connectivity index is 1.84. The molecule has 0 spiro atoms. The second-order valence-electron chi connectivity index (χ2n) is 5.63. The number of thiophene rings is 1. The zero-order valence-electron chi connectivity index (χ0n) is 11.6. The first kappa shape index (κ1) is 13.8. The normalized spacial score (nSPS) is 24.1. The molecule has 0 saturated heterocycles. The van der Waals surface area contributed by atoms with Crippen molar-refractivity contribution in [2.24, 2.45) is 11.8 Å². The van der Waals surface area contributed by atoms with Gasteiger partial charge in [-0.1, -0.05) is 26.2 Å². The molecule has 2 rings (SSSR count). The van der Waals surface area contributed by atoms with Gasteiger partial charge >= 0.3 is 0 Å². The summed E-state index contributed by atoms with van der Waals surface area (Å²) in [6.07, 6.45) is 8.78. The quantitative estimate of drug-likeness (QED) is 0.665. The van der Waals surface area contributed by atoms with E-state index in [1.807, 2.05) is 6.07 Å². The van der Waals surface area contributed by atoms with Crippen LogP contribution >= 0.6 is 11.3 Å². The predicted octanol–water partition coefficient (Wildman–Crippen LogP) is 5.24. The minimum atomic E-state index is 0.306. The van der Waals surface area contributed by atoms with Gasteiger partial charge in [-0.25, -0.2) is 0 Å². The standard InChI is InChI=1S/C16H24OS/c1-3-4-5-13-7-9-14(10-8-13)16(17)15-11-6-12(2)18-15/h6,11,13-14H,3-5,7-10H2,1-2H3. The number of hydrogen-bond donors (Lipinski definition) is 0. The van der Waals surface area contributed by atoms with Gasteiger partial charge in [-0.05, 0) is 50.7 Å². The minimum Gasteiger partial charge on any atom is -0.293 e. The maximum Gasteiger partial charge on any atom is 0.175 e. The van der Waals surface area contributed by atoms with Crippen LogP contribution in [-0.4, -0.2) is 5.78 Å². The maximum atomic E-state index is 12.3. The first-order valence-electron chi connectivity index (χ1n) is 7.31. The molecule has 1 nitrogen and oxygen atoms in total. The smallest absolute Gasteiger partial charge is 0.175 e. The van der Waals surface area contributed by atoms with Gasteiger partial charge in [0.05, 0.1) is 4.88 Å². The zero-order chi connectivity index (χ0) is 13.0. The van der Waals surface area contributed by atoms with E-state index in [0.717, 1.165) is 23.6 Å². The third-order valence-electron chi connectivity index (χ3n) is 4.17. The van der Waals surface area contributed by atoms with Crippen molar-refractivity contribution in [3.05, 3.63) is 21.9 Å². The summed E-state index contributed by atoms with van der Waals surface area (Å²) in [7, 11) is 0. The molecule has 0 bridgehead atoms. The Hall–Kier alpha value is -0.630. The second kappa shape index (κ2) is 6.51. The van der Waals surface area contributed by atoms with Crippen molar-refractivity contribution in [1.82, 2.24) is 0 Å². The van der Waals surface area contributed by atoms with Crippen molar-refractivity contribution < 1.29 is 4.79 Å². The molecule has 0 atom stereocenters. The summed E-state index contributed by atoms with van der Waals surface area (Å²) >= 11 is 1.65. The molecule has 1 aliphatic carbocycles. The van der Waals surface area contributed by atoms with Gasteiger partial charge in [0.25, 0.3) is 0 Å². The van der Waals surface area contributed by atoms with Crippen LogP contribution < -0.4 is 0 Å². The zero-order valence-corrected chi connectivity index (χ0v) is 12.4. The number of carbonyl (C=O) groups excluding carboxylic acids is 1. The van der Waals surface area contributed by atoms with Gasteiger partial charge in [0, 0.05) is 10.8 Å². The van der Waals surface area contributed by atoms with Gasteiger partial charge in [0.1, 0.15) is 0 Å². The van der Waals surface area contributed by atoms with E-state index in [-0.39, 0.29) is 0 Å². The van der Waals surface area contributed by atoms with Gasteiger partial charge in [-0.2, -0.15) is 0 Å². The molecule has 1 aromatic rings. The third kappa shape index (κ3) is 3.44. The topological polar surface area (TPSA) is 17.1 Å². The number of carbonyl (C=O) groups is 1. The summed E-state index contributed by atoms with van der Waals surface area (Å²) in [6, 6.07) is 4.07. The number of ketones is 1. The fourth-order valence-corrected chi connectivity index (χ4v) is 3.86. The molecule has 0 N–H and O–H groups in total. The molecule has 1 heterocycles. The molecule has 0 aromatic carbocycles. The van der Waals surface area contributed by atoms with E-state index < -0.39 is 0 Å². The molecule has 0 radical (unpaired) electrons. The largest absolute Gasteiger partial charge is 0.293 e. The van der Waals surface area contributed by atoms with Crippen molar-refractivity contribution in [2.45, 2.75) is 58.8 Å². The highest BCUT2D eigenvalue weighted by atomic mass is 32.1. The van der Waals surface area contributed by atoms with Gasteiger partial charge in [0.15, 0.2) is 5.78 Å². The Kier molecular flexibility index (Phi) is 4.99. The van der Waals surface area contributed by atoms with Crippen LogP contribution in [0.15, 0.2) is 12.1 Å². The van der Waals surface area contributed by atoms with Crippen molar-refractivity contribution in [3.63, 3.8) is 0 Å². The Morgan fingerprint density at radius 2 is 2.00 bits per heavy atom. The Morgan fingerprint density at radius 1 is 1.28 bits per heavy atom. The highest BCUT2D eigenvalue weighted by molar-refractivity contribution is 7.14. The van der Waals surface area contributed by atoms with E-state index in [2.05, 4.69) is 19.9 Å². The molecule has 1 aliphatic rings.